The van der Waals surface area contributed by atoms with Gasteiger partial charge in [0.2, 0.25) is 0 Å². The lowest BCUT2D eigenvalue weighted by molar-refractivity contribution is 0.0981. The van der Waals surface area contributed by atoms with Crippen molar-refractivity contribution < 1.29 is 17.6 Å². The molecule has 1 N–H and O–H groups in total. The van der Waals surface area contributed by atoms with E-state index in [4.69, 9.17) is 23.2 Å². The van der Waals surface area contributed by atoms with E-state index in [-0.39, 0.29) is 15.1 Å². The van der Waals surface area contributed by atoms with Crippen LogP contribution in [0.2, 0.25) is 10.0 Å². The van der Waals surface area contributed by atoms with Crippen molar-refractivity contribution in [1.82, 2.24) is 4.72 Å². The zero-order chi connectivity index (χ0) is 17.9. The van der Waals surface area contributed by atoms with Gasteiger partial charge in [0.15, 0.2) is 0 Å². The van der Waals surface area contributed by atoms with E-state index in [1.54, 1.807) is 6.07 Å². The molecule has 2 rings (SSSR count). The minimum atomic E-state index is -4.05. The Bertz CT molecular complexity index is 932. The van der Waals surface area contributed by atoms with Gasteiger partial charge in [-0.05, 0) is 57.9 Å². The van der Waals surface area contributed by atoms with Crippen molar-refractivity contribution in [3.8, 4) is 0 Å². The molecule has 0 aliphatic carbocycles. The molecule has 9 heteroatoms. The zero-order valence-electron chi connectivity index (χ0n) is 11.8. The summed E-state index contributed by atoms with van der Waals surface area (Å²) in [5, 5.41) is 1.43. The molecule has 1 amide bonds. The van der Waals surface area contributed by atoms with E-state index in [2.05, 4.69) is 15.9 Å². The zero-order valence-corrected chi connectivity index (χ0v) is 15.7. The highest BCUT2D eigenvalue weighted by Gasteiger charge is 2.16. The first-order valence-corrected chi connectivity index (χ1v) is 9.43. The highest BCUT2D eigenvalue weighted by Crippen LogP contribution is 2.23. The smallest absolute Gasteiger partial charge is 0.266 e. The number of halogens is 4. The molecule has 0 unspecified atom stereocenters. The molecule has 24 heavy (non-hydrogen) atoms. The van der Waals surface area contributed by atoms with Crippen molar-refractivity contribution in [3.05, 3.63) is 73.3 Å². The summed E-state index contributed by atoms with van der Waals surface area (Å²) in [6.07, 6.45) is 1.26. The molecule has 0 fully saturated rings. The fourth-order valence-electron chi connectivity index (χ4n) is 1.68. The van der Waals surface area contributed by atoms with Crippen LogP contribution in [0.25, 0.3) is 6.08 Å². The summed E-state index contributed by atoms with van der Waals surface area (Å²) in [5.74, 6) is -1.44. The van der Waals surface area contributed by atoms with Gasteiger partial charge in [-0.25, -0.2) is 17.5 Å². The lowest BCUT2D eigenvalue weighted by Crippen LogP contribution is -2.29. The van der Waals surface area contributed by atoms with Crippen molar-refractivity contribution in [1.29, 1.82) is 0 Å². The van der Waals surface area contributed by atoms with Crippen LogP contribution in [0.1, 0.15) is 15.9 Å². The average molecular weight is 453 g/mol. The van der Waals surface area contributed by atoms with Gasteiger partial charge < -0.3 is 0 Å². The predicted octanol–water partition coefficient (Wildman–Crippen LogP) is 4.63. The van der Waals surface area contributed by atoms with Gasteiger partial charge >= 0.3 is 0 Å². The molecule has 2 aromatic carbocycles. The number of carbonyl (C=O) groups is 1. The van der Waals surface area contributed by atoms with E-state index in [1.165, 1.54) is 24.3 Å². The Kier molecular flexibility index (Phi) is 6.03. The van der Waals surface area contributed by atoms with Gasteiger partial charge in [0.25, 0.3) is 15.9 Å². The average Bonchev–Trinajstić information content (AvgIpc) is 2.48. The van der Waals surface area contributed by atoms with Crippen LogP contribution in [0.15, 0.2) is 46.3 Å². The third kappa shape index (κ3) is 5.04. The fraction of sp³-hybridized carbons (Fsp3) is 0. The van der Waals surface area contributed by atoms with Crippen LogP contribution >= 0.6 is 39.1 Å². The van der Waals surface area contributed by atoms with Crippen LogP contribution in [-0.2, 0) is 10.0 Å². The van der Waals surface area contributed by atoms with Gasteiger partial charge in [-0.3, -0.25) is 4.79 Å². The van der Waals surface area contributed by atoms with Crippen LogP contribution in [-0.4, -0.2) is 14.3 Å². The highest BCUT2D eigenvalue weighted by atomic mass is 79.9. The molecule has 0 aliphatic heterocycles. The topological polar surface area (TPSA) is 63.2 Å². The van der Waals surface area contributed by atoms with E-state index in [0.717, 1.165) is 17.5 Å². The van der Waals surface area contributed by atoms with E-state index in [0.29, 0.717) is 10.6 Å². The molecule has 0 heterocycles. The minimum absolute atomic E-state index is 0.0112. The maximum absolute atomic E-state index is 13.0. The number of rotatable bonds is 4. The van der Waals surface area contributed by atoms with E-state index < -0.39 is 21.7 Å². The van der Waals surface area contributed by atoms with Gasteiger partial charge in [0.1, 0.15) is 5.82 Å². The number of carbonyl (C=O) groups excluding carboxylic acids is 1. The molecule has 0 spiro atoms. The number of sulfonamides is 1. The molecule has 0 saturated heterocycles. The monoisotopic (exact) mass is 451 g/mol. The summed E-state index contributed by atoms with van der Waals surface area (Å²) in [6, 6.07) is 7.86. The first-order chi connectivity index (χ1) is 11.2. The molecule has 126 valence electrons. The maximum atomic E-state index is 13.0. The van der Waals surface area contributed by atoms with Crippen LogP contribution in [0.5, 0.6) is 0 Å². The molecular formula is C15H9BrCl2FNO3S. The van der Waals surface area contributed by atoms with Gasteiger partial charge in [-0.15, -0.1) is 0 Å². The maximum Gasteiger partial charge on any atom is 0.266 e. The Balaban J connectivity index is 2.16. The van der Waals surface area contributed by atoms with Crippen molar-refractivity contribution in [2.75, 3.05) is 0 Å². The molecule has 0 aromatic heterocycles. The van der Waals surface area contributed by atoms with E-state index in [9.17, 15) is 17.6 Å². The molecule has 0 atom stereocenters. The molecule has 2 aromatic rings. The second-order valence-corrected chi connectivity index (χ2v) is 7.81. The summed E-state index contributed by atoms with van der Waals surface area (Å²) >= 11 is 14.6. The minimum Gasteiger partial charge on any atom is -0.268 e. The van der Waals surface area contributed by atoms with Gasteiger partial charge in [-0.2, -0.15) is 0 Å². The summed E-state index contributed by atoms with van der Waals surface area (Å²) in [6.45, 7) is 0. The Morgan fingerprint density at radius 2 is 1.83 bits per heavy atom. The Morgan fingerprint density at radius 3 is 2.46 bits per heavy atom. The van der Waals surface area contributed by atoms with Gasteiger partial charge in [0.05, 0.1) is 21.0 Å². The Morgan fingerprint density at radius 1 is 1.12 bits per heavy atom. The van der Waals surface area contributed by atoms with Crippen molar-refractivity contribution in [2.24, 2.45) is 0 Å². The van der Waals surface area contributed by atoms with Crippen LogP contribution in [0, 0.1) is 5.82 Å². The SMILES string of the molecule is O=C(NS(=O)(=O)C=Cc1ccc(Cl)c(Cl)c1)c1ccc(F)cc1Br. The molecule has 0 bridgehead atoms. The van der Waals surface area contributed by atoms with Crippen LogP contribution in [0.3, 0.4) is 0 Å². The highest BCUT2D eigenvalue weighted by molar-refractivity contribution is 9.10. The number of hydrogen-bond donors (Lipinski definition) is 1. The first-order valence-electron chi connectivity index (χ1n) is 6.33. The second kappa shape index (κ2) is 7.65. The number of nitrogens with one attached hydrogen (secondary N) is 1. The molecule has 0 radical (unpaired) electrons. The van der Waals surface area contributed by atoms with Gasteiger partial charge in [-0.1, -0.05) is 29.3 Å². The van der Waals surface area contributed by atoms with Crippen LogP contribution in [0.4, 0.5) is 4.39 Å². The molecule has 0 saturated carbocycles. The van der Waals surface area contributed by atoms with Crippen molar-refractivity contribution in [3.63, 3.8) is 0 Å². The normalized spacial score (nSPS) is 11.7. The third-order valence-electron chi connectivity index (χ3n) is 2.79. The predicted molar refractivity (Wildman–Crippen MR) is 96.0 cm³/mol. The van der Waals surface area contributed by atoms with Crippen molar-refractivity contribution >= 4 is 61.1 Å². The second-order valence-electron chi connectivity index (χ2n) is 4.58. The van der Waals surface area contributed by atoms with Gasteiger partial charge in [0, 0.05) is 4.47 Å². The quantitative estimate of drug-likeness (QED) is 0.735. The number of hydrogen-bond acceptors (Lipinski definition) is 3. The summed E-state index contributed by atoms with van der Waals surface area (Å²) in [4.78, 5) is 12.0. The lowest BCUT2D eigenvalue weighted by atomic mass is 10.2. The van der Waals surface area contributed by atoms with Crippen LogP contribution < -0.4 is 4.72 Å². The lowest BCUT2D eigenvalue weighted by Gasteiger charge is -2.05. The molecule has 4 nitrogen and oxygen atoms in total. The first kappa shape index (κ1) is 18.9. The Labute approximate surface area is 156 Å². The standard InChI is InChI=1S/C15H9BrCl2FNO3S/c16-12-8-10(19)2-3-11(12)15(21)20-24(22,23)6-5-9-1-4-13(17)14(18)7-9/h1-8H,(H,20,21). The van der Waals surface area contributed by atoms with Crippen molar-refractivity contribution in [2.45, 2.75) is 0 Å². The largest absolute Gasteiger partial charge is 0.268 e. The summed E-state index contributed by atoms with van der Waals surface area (Å²) < 4.78 is 38.9. The number of amides is 1. The summed E-state index contributed by atoms with van der Waals surface area (Å²) in [5.41, 5.74) is 0.480. The van der Waals surface area contributed by atoms with E-state index in [1.807, 2.05) is 4.72 Å². The summed E-state index contributed by atoms with van der Waals surface area (Å²) in [7, 11) is -4.05. The van der Waals surface area contributed by atoms with E-state index >= 15 is 0 Å². The fourth-order valence-corrected chi connectivity index (χ4v) is 3.29. The number of benzene rings is 2. The third-order valence-corrected chi connectivity index (χ3v) is 5.15. The molecular weight excluding hydrogens is 444 g/mol. The Hall–Kier alpha value is -1.41. The molecule has 0 aliphatic rings.